The summed E-state index contributed by atoms with van der Waals surface area (Å²) < 4.78 is 15.3. The molecule has 0 bridgehead atoms. The molecular weight excluding hydrogens is 481 g/mol. The molecule has 1 aliphatic carbocycles. The van der Waals surface area contributed by atoms with Crippen molar-refractivity contribution >= 4 is 29.1 Å². The van der Waals surface area contributed by atoms with Crippen LogP contribution in [0, 0.1) is 11.7 Å². The molecule has 3 heterocycles. The topological polar surface area (TPSA) is 70.8 Å². The van der Waals surface area contributed by atoms with Crippen LogP contribution in [0.25, 0.3) is 16.9 Å². The van der Waals surface area contributed by atoms with Crippen molar-refractivity contribution in [1.29, 1.82) is 0 Å². The van der Waals surface area contributed by atoms with Gasteiger partial charge in [0.25, 0.3) is 5.91 Å². The van der Waals surface area contributed by atoms with Crippen LogP contribution in [0.4, 0.5) is 4.39 Å². The van der Waals surface area contributed by atoms with Gasteiger partial charge in [-0.05, 0) is 56.9 Å². The van der Waals surface area contributed by atoms with Gasteiger partial charge in [-0.3, -0.25) is 9.59 Å². The monoisotopic (exact) mass is 511 g/mol. The van der Waals surface area contributed by atoms with Gasteiger partial charge in [-0.2, -0.15) is 5.10 Å². The van der Waals surface area contributed by atoms with E-state index in [1.165, 1.54) is 6.07 Å². The molecule has 2 fully saturated rings. The first kappa shape index (κ1) is 24.7. The maximum atomic E-state index is 13.7. The molecule has 190 valence electrons. The number of amides is 2. The molecule has 0 radical (unpaired) electrons. The van der Waals surface area contributed by atoms with E-state index in [9.17, 15) is 14.0 Å². The Morgan fingerprint density at radius 3 is 2.53 bits per heavy atom. The third-order valence-electron chi connectivity index (χ3n) is 7.42. The van der Waals surface area contributed by atoms with E-state index >= 15 is 0 Å². The van der Waals surface area contributed by atoms with Crippen molar-refractivity contribution in [3.63, 3.8) is 0 Å². The smallest absolute Gasteiger partial charge is 0.274 e. The third kappa shape index (κ3) is 4.36. The van der Waals surface area contributed by atoms with Gasteiger partial charge in [0.1, 0.15) is 11.5 Å². The van der Waals surface area contributed by atoms with Gasteiger partial charge < -0.3 is 9.80 Å². The maximum Gasteiger partial charge on any atom is 0.274 e. The molecule has 1 aliphatic heterocycles. The second kappa shape index (κ2) is 9.14. The van der Waals surface area contributed by atoms with Crippen molar-refractivity contribution in [3.05, 3.63) is 52.6 Å². The first-order chi connectivity index (χ1) is 17.0. The molecule has 0 atom stereocenters. The fourth-order valence-electron chi connectivity index (χ4n) is 5.10. The number of fused-ring (bicyclic) bond motifs is 1. The fraction of sp³-hybridized carbons (Fsp3) is 0.481. The van der Waals surface area contributed by atoms with Gasteiger partial charge in [-0.15, -0.1) is 0 Å². The number of carbonyl (C=O) groups excluding carboxylic acids is 2. The zero-order valence-electron chi connectivity index (χ0n) is 21.1. The molecule has 9 heteroatoms. The molecule has 2 aromatic heterocycles. The van der Waals surface area contributed by atoms with Gasteiger partial charge in [-0.25, -0.2) is 13.9 Å². The van der Waals surface area contributed by atoms with E-state index < -0.39 is 11.4 Å². The number of carbonyl (C=O) groups is 2. The number of rotatable bonds is 4. The molecule has 3 aromatic rings. The van der Waals surface area contributed by atoms with E-state index in [1.54, 1.807) is 22.8 Å². The average Bonchev–Trinajstić information content (AvgIpc) is 3.22. The molecule has 5 rings (SSSR count). The number of halogens is 2. The molecule has 2 aliphatic rings. The lowest BCUT2D eigenvalue weighted by atomic mass is 9.83. The third-order valence-corrected chi connectivity index (χ3v) is 7.71. The molecule has 1 aromatic carbocycles. The second-order valence-corrected chi connectivity index (χ2v) is 11.2. The highest BCUT2D eigenvalue weighted by atomic mass is 35.5. The maximum absolute atomic E-state index is 13.7. The standard InChI is InChI=1S/C27H31ClFN5O2/c1-16(2)19-13-22(18-8-9-21(29)20(28)12-18)31-34-14-23(30-24(19)34)26(36)33-11-10-32(15-27(33,3)4)25(35)17-6-5-7-17/h8-9,12-14,16-17H,5-7,10-11,15H2,1-4H3. The summed E-state index contributed by atoms with van der Waals surface area (Å²) in [6.45, 7) is 9.59. The van der Waals surface area contributed by atoms with Gasteiger partial charge in [0, 0.05) is 36.7 Å². The lowest BCUT2D eigenvalue weighted by Crippen LogP contribution is -2.63. The van der Waals surface area contributed by atoms with Crippen LogP contribution in [0.15, 0.2) is 30.5 Å². The Hall–Kier alpha value is -3.00. The van der Waals surface area contributed by atoms with Crippen LogP contribution in [-0.4, -0.2) is 61.4 Å². The number of hydrogen-bond acceptors (Lipinski definition) is 4. The van der Waals surface area contributed by atoms with E-state index in [4.69, 9.17) is 11.6 Å². The van der Waals surface area contributed by atoms with E-state index in [-0.39, 0.29) is 28.7 Å². The molecule has 1 saturated carbocycles. The molecule has 0 spiro atoms. The summed E-state index contributed by atoms with van der Waals surface area (Å²) >= 11 is 6.00. The predicted octanol–water partition coefficient (Wildman–Crippen LogP) is 5.18. The molecular formula is C27H31ClFN5O2. The Balaban J connectivity index is 1.45. The first-order valence-electron chi connectivity index (χ1n) is 12.5. The van der Waals surface area contributed by atoms with E-state index in [0.717, 1.165) is 24.8 Å². The Labute approximate surface area is 215 Å². The Morgan fingerprint density at radius 2 is 1.92 bits per heavy atom. The van der Waals surface area contributed by atoms with Crippen LogP contribution in [0.1, 0.15) is 68.9 Å². The number of nitrogens with zero attached hydrogens (tertiary/aromatic N) is 5. The van der Waals surface area contributed by atoms with E-state index in [0.29, 0.717) is 42.2 Å². The van der Waals surface area contributed by atoms with Gasteiger partial charge in [-0.1, -0.05) is 31.9 Å². The quantitative estimate of drug-likeness (QED) is 0.484. The van der Waals surface area contributed by atoms with Crippen LogP contribution in [0.3, 0.4) is 0 Å². The average molecular weight is 512 g/mol. The summed E-state index contributed by atoms with van der Waals surface area (Å²) in [5, 5.41) is 4.69. The summed E-state index contributed by atoms with van der Waals surface area (Å²) in [5.74, 6) is -0.186. The van der Waals surface area contributed by atoms with Crippen LogP contribution >= 0.6 is 11.6 Å². The minimum Gasteiger partial charge on any atom is -0.338 e. The zero-order chi connectivity index (χ0) is 25.8. The van der Waals surface area contributed by atoms with Crippen molar-refractivity contribution in [2.75, 3.05) is 19.6 Å². The normalized spacial score (nSPS) is 18.1. The molecule has 2 amide bonds. The molecule has 0 unspecified atom stereocenters. The summed E-state index contributed by atoms with van der Waals surface area (Å²) in [6.07, 6.45) is 4.71. The highest BCUT2D eigenvalue weighted by molar-refractivity contribution is 6.31. The minimum absolute atomic E-state index is 0.0270. The number of piperazine rings is 1. The lowest BCUT2D eigenvalue weighted by molar-refractivity contribution is -0.142. The van der Waals surface area contributed by atoms with Crippen LogP contribution in [-0.2, 0) is 4.79 Å². The van der Waals surface area contributed by atoms with Crippen molar-refractivity contribution in [2.24, 2.45) is 5.92 Å². The summed E-state index contributed by atoms with van der Waals surface area (Å²) in [6, 6.07) is 6.42. The Bertz CT molecular complexity index is 1350. The van der Waals surface area contributed by atoms with E-state index in [1.807, 2.05) is 43.6 Å². The number of imidazole rings is 1. The Kier molecular flexibility index (Phi) is 6.27. The lowest BCUT2D eigenvalue weighted by Gasteiger charge is -2.48. The van der Waals surface area contributed by atoms with Gasteiger partial charge in [0.2, 0.25) is 5.91 Å². The summed E-state index contributed by atoms with van der Waals surface area (Å²) in [7, 11) is 0. The molecule has 7 nitrogen and oxygen atoms in total. The first-order valence-corrected chi connectivity index (χ1v) is 12.9. The second-order valence-electron chi connectivity index (χ2n) is 10.8. The van der Waals surface area contributed by atoms with Crippen LogP contribution in [0.2, 0.25) is 5.02 Å². The highest BCUT2D eigenvalue weighted by Gasteiger charge is 2.41. The summed E-state index contributed by atoms with van der Waals surface area (Å²) in [4.78, 5) is 34.8. The van der Waals surface area contributed by atoms with Gasteiger partial charge in [0.15, 0.2) is 5.65 Å². The number of benzene rings is 1. The SMILES string of the molecule is CC(C)c1cc(-c2ccc(F)c(Cl)c2)nn2cc(C(=O)N3CCN(C(=O)C4CCC4)CC3(C)C)nc12. The fourth-order valence-corrected chi connectivity index (χ4v) is 5.28. The number of aromatic nitrogens is 3. The van der Waals surface area contributed by atoms with E-state index in [2.05, 4.69) is 10.1 Å². The van der Waals surface area contributed by atoms with Crippen molar-refractivity contribution in [2.45, 2.75) is 58.4 Å². The van der Waals surface area contributed by atoms with Crippen LogP contribution in [0.5, 0.6) is 0 Å². The number of hydrogen-bond donors (Lipinski definition) is 0. The predicted molar refractivity (Wildman–Crippen MR) is 137 cm³/mol. The van der Waals surface area contributed by atoms with Crippen molar-refractivity contribution in [3.8, 4) is 11.3 Å². The minimum atomic E-state index is -0.519. The van der Waals surface area contributed by atoms with Crippen molar-refractivity contribution in [1.82, 2.24) is 24.4 Å². The van der Waals surface area contributed by atoms with Gasteiger partial charge in [0.05, 0.1) is 22.5 Å². The van der Waals surface area contributed by atoms with Crippen LogP contribution < -0.4 is 0 Å². The highest BCUT2D eigenvalue weighted by Crippen LogP contribution is 2.32. The van der Waals surface area contributed by atoms with Crippen molar-refractivity contribution < 1.29 is 14.0 Å². The zero-order valence-corrected chi connectivity index (χ0v) is 21.8. The largest absolute Gasteiger partial charge is 0.338 e. The molecule has 36 heavy (non-hydrogen) atoms. The Morgan fingerprint density at radius 1 is 1.17 bits per heavy atom. The molecule has 1 saturated heterocycles. The van der Waals surface area contributed by atoms with Gasteiger partial charge >= 0.3 is 0 Å². The molecule has 0 N–H and O–H groups in total. The summed E-state index contributed by atoms with van der Waals surface area (Å²) in [5.41, 5.74) is 2.63.